The van der Waals surface area contributed by atoms with Gasteiger partial charge >= 0.3 is 0 Å². The predicted molar refractivity (Wildman–Crippen MR) is 129 cm³/mol. The van der Waals surface area contributed by atoms with Gasteiger partial charge in [0.25, 0.3) is 0 Å². The minimum Gasteiger partial charge on any atom is -0.367 e. The van der Waals surface area contributed by atoms with Crippen LogP contribution in [0.5, 0.6) is 0 Å². The number of benzene rings is 2. The van der Waals surface area contributed by atoms with Crippen molar-refractivity contribution < 1.29 is 8.78 Å². The Morgan fingerprint density at radius 3 is 2.52 bits per heavy atom. The summed E-state index contributed by atoms with van der Waals surface area (Å²) < 4.78 is 27.4. The Morgan fingerprint density at radius 2 is 1.70 bits per heavy atom. The Labute approximate surface area is 196 Å². The van der Waals surface area contributed by atoms with Gasteiger partial charge in [0.2, 0.25) is 5.28 Å². The highest BCUT2D eigenvalue weighted by Gasteiger charge is 2.25. The average molecular weight is 467 g/mol. The molecule has 2 aromatic carbocycles. The molecule has 2 aromatic heterocycles. The van der Waals surface area contributed by atoms with E-state index in [1.165, 1.54) is 23.8 Å². The fourth-order valence-corrected chi connectivity index (χ4v) is 5.36. The lowest BCUT2D eigenvalue weighted by Gasteiger charge is -2.31. The molecule has 0 bridgehead atoms. The van der Waals surface area contributed by atoms with Gasteiger partial charge in [-0.1, -0.05) is 0 Å². The van der Waals surface area contributed by atoms with Crippen LogP contribution in [0.25, 0.3) is 21.8 Å². The maximum absolute atomic E-state index is 13.8. The van der Waals surface area contributed by atoms with Crippen molar-refractivity contribution in [3.05, 3.63) is 71.1 Å². The molecule has 33 heavy (non-hydrogen) atoms. The van der Waals surface area contributed by atoms with Crippen molar-refractivity contribution >= 4 is 39.2 Å². The van der Waals surface area contributed by atoms with Gasteiger partial charge in [-0.05, 0) is 104 Å². The normalized spacial score (nSPS) is 19.6. The van der Waals surface area contributed by atoms with Gasteiger partial charge in [-0.3, -0.25) is 4.98 Å². The van der Waals surface area contributed by atoms with Gasteiger partial charge in [-0.15, -0.1) is 0 Å². The van der Waals surface area contributed by atoms with Crippen LogP contribution >= 0.6 is 11.6 Å². The zero-order valence-electron chi connectivity index (χ0n) is 18.4. The molecule has 0 saturated heterocycles. The van der Waals surface area contributed by atoms with Crippen molar-refractivity contribution in [3.63, 3.8) is 0 Å². The fraction of sp³-hybridized carbons (Fsp3) is 0.346. The summed E-state index contributed by atoms with van der Waals surface area (Å²) in [5, 5.41) is 5.25. The number of nitrogens with zero attached hydrogens (tertiary/aromatic N) is 3. The molecule has 5 rings (SSSR count). The Bertz CT molecular complexity index is 1300. The van der Waals surface area contributed by atoms with Gasteiger partial charge < -0.3 is 5.32 Å². The van der Waals surface area contributed by atoms with Gasteiger partial charge in [-0.25, -0.2) is 18.7 Å². The van der Waals surface area contributed by atoms with Crippen molar-refractivity contribution in [1.29, 1.82) is 0 Å². The van der Waals surface area contributed by atoms with Crippen LogP contribution < -0.4 is 5.32 Å². The first-order chi connectivity index (χ1) is 16.0. The SMILES string of the molecule is CC(C[C@H]1CC[C@H](c2ccnc3ccc(F)cc32)CC1)Nc1nc(Cl)nc2cc(F)ccc12. The molecule has 7 heteroatoms. The topological polar surface area (TPSA) is 50.7 Å². The lowest BCUT2D eigenvalue weighted by Crippen LogP contribution is -2.23. The number of nitrogens with one attached hydrogen (secondary N) is 1. The zero-order chi connectivity index (χ0) is 22.9. The molecule has 0 aliphatic heterocycles. The van der Waals surface area contributed by atoms with Gasteiger partial charge in [0.15, 0.2) is 0 Å². The van der Waals surface area contributed by atoms with Crippen LogP contribution in [0.3, 0.4) is 0 Å². The van der Waals surface area contributed by atoms with E-state index < -0.39 is 0 Å². The number of pyridine rings is 1. The molecule has 1 saturated carbocycles. The molecule has 1 aliphatic rings. The number of anilines is 1. The van der Waals surface area contributed by atoms with Gasteiger partial charge in [-0.2, -0.15) is 0 Å². The van der Waals surface area contributed by atoms with Crippen molar-refractivity contribution in [2.24, 2.45) is 5.92 Å². The first-order valence-electron chi connectivity index (χ1n) is 11.4. The fourth-order valence-electron chi connectivity index (χ4n) is 5.18. The molecule has 4 aromatic rings. The lowest BCUT2D eigenvalue weighted by molar-refractivity contribution is 0.302. The quantitative estimate of drug-likeness (QED) is 0.314. The van der Waals surface area contributed by atoms with Crippen molar-refractivity contribution in [3.8, 4) is 0 Å². The predicted octanol–water partition coefficient (Wildman–Crippen LogP) is 7.27. The molecule has 170 valence electrons. The molecule has 1 aliphatic carbocycles. The Kier molecular flexibility index (Phi) is 6.11. The number of hydrogen-bond donors (Lipinski definition) is 1. The monoisotopic (exact) mass is 466 g/mol. The molecule has 0 amide bonds. The molecule has 1 N–H and O–H groups in total. The Hall–Kier alpha value is -2.86. The summed E-state index contributed by atoms with van der Waals surface area (Å²) in [6.07, 6.45) is 7.22. The minimum absolute atomic E-state index is 0.101. The average Bonchev–Trinajstić information content (AvgIpc) is 2.78. The van der Waals surface area contributed by atoms with Crippen LogP contribution in [0.15, 0.2) is 48.7 Å². The lowest BCUT2D eigenvalue weighted by atomic mass is 9.76. The number of rotatable bonds is 5. The second-order valence-corrected chi connectivity index (χ2v) is 9.40. The summed E-state index contributed by atoms with van der Waals surface area (Å²) in [5.41, 5.74) is 2.55. The molecular formula is C26H25ClF2N4. The van der Waals surface area contributed by atoms with Crippen molar-refractivity contribution in [2.75, 3.05) is 5.32 Å². The van der Waals surface area contributed by atoms with Gasteiger partial charge in [0.1, 0.15) is 17.5 Å². The van der Waals surface area contributed by atoms with Crippen LogP contribution in [-0.2, 0) is 0 Å². The number of hydrogen-bond acceptors (Lipinski definition) is 4. The summed E-state index contributed by atoms with van der Waals surface area (Å²) in [6.45, 7) is 2.14. The van der Waals surface area contributed by atoms with Gasteiger partial charge in [0, 0.05) is 29.1 Å². The number of fused-ring (bicyclic) bond motifs is 2. The molecule has 4 nitrogen and oxygen atoms in total. The van der Waals surface area contributed by atoms with Crippen molar-refractivity contribution in [1.82, 2.24) is 15.0 Å². The third kappa shape index (κ3) is 4.76. The smallest absolute Gasteiger partial charge is 0.224 e. The van der Waals surface area contributed by atoms with E-state index in [9.17, 15) is 8.78 Å². The third-order valence-corrected chi connectivity index (χ3v) is 6.89. The first kappa shape index (κ1) is 22.0. The van der Waals surface area contributed by atoms with E-state index in [2.05, 4.69) is 27.2 Å². The second kappa shape index (κ2) is 9.18. The van der Waals surface area contributed by atoms with Gasteiger partial charge in [0.05, 0.1) is 11.0 Å². The summed E-state index contributed by atoms with van der Waals surface area (Å²) in [4.78, 5) is 12.9. The highest BCUT2D eigenvalue weighted by Crippen LogP contribution is 2.40. The van der Waals surface area contributed by atoms with E-state index in [-0.39, 0.29) is 23.0 Å². The standard InChI is InChI=1S/C26H25ClF2N4/c1-15(31-25-21-8-6-19(29)14-24(21)32-26(27)33-25)12-16-2-4-17(5-3-16)20-10-11-30-23-9-7-18(28)13-22(20)23/h6-11,13-17H,2-5,12H2,1H3,(H,31,32,33)/t15?,16-,17-. The third-order valence-electron chi connectivity index (χ3n) is 6.73. The highest BCUT2D eigenvalue weighted by atomic mass is 35.5. The molecule has 1 atom stereocenters. The van der Waals surface area contributed by atoms with E-state index in [1.54, 1.807) is 18.2 Å². The van der Waals surface area contributed by atoms with E-state index in [1.807, 2.05) is 12.3 Å². The number of halogens is 3. The molecule has 2 heterocycles. The summed E-state index contributed by atoms with van der Waals surface area (Å²) >= 11 is 6.06. The maximum atomic E-state index is 13.8. The van der Waals surface area contributed by atoms with Crippen molar-refractivity contribution in [2.45, 2.75) is 51.0 Å². The molecule has 0 spiro atoms. The van der Waals surface area contributed by atoms with Crippen LogP contribution in [0.2, 0.25) is 5.28 Å². The summed E-state index contributed by atoms with van der Waals surface area (Å²) in [5.74, 6) is 1.09. The Balaban J connectivity index is 1.24. The van der Waals surface area contributed by atoms with Crippen LogP contribution in [0.4, 0.5) is 14.6 Å². The summed E-state index contributed by atoms with van der Waals surface area (Å²) in [6, 6.07) is 11.5. The van der Waals surface area contributed by atoms with E-state index in [0.29, 0.717) is 23.2 Å². The highest BCUT2D eigenvalue weighted by molar-refractivity contribution is 6.28. The molecule has 0 radical (unpaired) electrons. The molecule has 1 unspecified atom stereocenters. The summed E-state index contributed by atoms with van der Waals surface area (Å²) in [7, 11) is 0. The second-order valence-electron chi connectivity index (χ2n) is 9.06. The van der Waals surface area contributed by atoms with E-state index >= 15 is 0 Å². The minimum atomic E-state index is -0.349. The molecule has 1 fully saturated rings. The first-order valence-corrected chi connectivity index (χ1v) is 11.8. The van der Waals surface area contributed by atoms with Crippen LogP contribution in [-0.4, -0.2) is 21.0 Å². The van der Waals surface area contributed by atoms with E-state index in [0.717, 1.165) is 48.4 Å². The van der Waals surface area contributed by atoms with E-state index in [4.69, 9.17) is 11.6 Å². The number of aromatic nitrogens is 3. The Morgan fingerprint density at radius 1 is 0.939 bits per heavy atom. The molecular weight excluding hydrogens is 442 g/mol. The maximum Gasteiger partial charge on any atom is 0.224 e. The zero-order valence-corrected chi connectivity index (χ0v) is 19.1. The largest absolute Gasteiger partial charge is 0.367 e. The van der Waals surface area contributed by atoms with Crippen LogP contribution in [0.1, 0.15) is 50.5 Å². The van der Waals surface area contributed by atoms with Crippen LogP contribution in [0, 0.1) is 17.6 Å².